The minimum atomic E-state index is -4.50. The number of alkyl halides is 3. The Morgan fingerprint density at radius 3 is 2.19 bits per heavy atom. The molecule has 0 bridgehead atoms. The molecule has 0 spiro atoms. The molecule has 5 nitrogen and oxygen atoms in total. The minimum absolute atomic E-state index is 0.0144. The molecule has 1 amide bonds. The number of benzene rings is 2. The van der Waals surface area contributed by atoms with Crippen LogP contribution in [0.25, 0.3) is 0 Å². The van der Waals surface area contributed by atoms with E-state index < -0.39 is 36.3 Å². The minimum Gasteiger partial charge on any atom is -0.481 e. The van der Waals surface area contributed by atoms with E-state index in [0.29, 0.717) is 0 Å². The number of halogens is 3. The molecule has 0 aromatic heterocycles. The number of aliphatic carboxylic acids is 1. The van der Waals surface area contributed by atoms with Crippen LogP contribution in [-0.2, 0) is 22.3 Å². The van der Waals surface area contributed by atoms with Crippen molar-refractivity contribution in [3.05, 3.63) is 71.3 Å². The molecule has 26 heavy (non-hydrogen) atoms. The Hall–Kier alpha value is -3.03. The largest absolute Gasteiger partial charge is 0.481 e. The third-order valence-corrected chi connectivity index (χ3v) is 3.52. The summed E-state index contributed by atoms with van der Waals surface area (Å²) in [4.78, 5) is 22.9. The highest BCUT2D eigenvalue weighted by atomic mass is 19.4. The third kappa shape index (κ3) is 5.80. The molecule has 0 radical (unpaired) electrons. The molecular weight excluding hydrogens is 351 g/mol. The number of ether oxygens (including phenoxy) is 1. The summed E-state index contributed by atoms with van der Waals surface area (Å²) in [6, 6.07) is 11.8. The van der Waals surface area contributed by atoms with E-state index in [1.807, 2.05) is 0 Å². The van der Waals surface area contributed by atoms with Crippen LogP contribution in [0.2, 0.25) is 0 Å². The standard InChI is InChI=1S/C18H16F3NO4/c19-18(20,21)14-8-6-13(7-9-14)15(10-16(23)24)22-17(25)26-11-12-4-2-1-3-5-12/h1-9,15H,10-11H2,(H,22,25)(H,23,24)/t15-/m1/s1. The summed E-state index contributed by atoms with van der Waals surface area (Å²) < 4.78 is 42.9. The summed E-state index contributed by atoms with van der Waals surface area (Å²) in [7, 11) is 0. The van der Waals surface area contributed by atoms with Crippen molar-refractivity contribution in [3.8, 4) is 0 Å². The van der Waals surface area contributed by atoms with Gasteiger partial charge in [-0.15, -0.1) is 0 Å². The SMILES string of the molecule is O=C(O)C[C@@H](NC(=O)OCc1ccccc1)c1ccc(C(F)(F)F)cc1. The molecule has 0 heterocycles. The topological polar surface area (TPSA) is 75.6 Å². The predicted molar refractivity (Wildman–Crippen MR) is 86.2 cm³/mol. The number of carboxylic acids is 1. The number of hydrogen-bond acceptors (Lipinski definition) is 3. The number of rotatable bonds is 6. The fourth-order valence-corrected chi connectivity index (χ4v) is 2.24. The second-order valence-corrected chi connectivity index (χ2v) is 5.48. The highest BCUT2D eigenvalue weighted by molar-refractivity contribution is 5.72. The maximum atomic E-state index is 12.6. The van der Waals surface area contributed by atoms with Crippen molar-refractivity contribution in [1.29, 1.82) is 0 Å². The molecule has 1 atom stereocenters. The van der Waals surface area contributed by atoms with Crippen molar-refractivity contribution in [2.24, 2.45) is 0 Å². The average molecular weight is 367 g/mol. The molecule has 0 saturated heterocycles. The van der Waals surface area contributed by atoms with Crippen LogP contribution >= 0.6 is 0 Å². The van der Waals surface area contributed by atoms with Crippen molar-refractivity contribution < 1.29 is 32.6 Å². The van der Waals surface area contributed by atoms with Gasteiger partial charge in [0.25, 0.3) is 0 Å². The molecule has 2 N–H and O–H groups in total. The van der Waals surface area contributed by atoms with E-state index in [4.69, 9.17) is 9.84 Å². The van der Waals surface area contributed by atoms with E-state index in [2.05, 4.69) is 5.32 Å². The zero-order chi connectivity index (χ0) is 19.2. The maximum absolute atomic E-state index is 12.6. The van der Waals surface area contributed by atoms with Crippen molar-refractivity contribution in [1.82, 2.24) is 5.32 Å². The van der Waals surface area contributed by atoms with Gasteiger partial charge in [0.05, 0.1) is 18.0 Å². The first-order valence-electron chi connectivity index (χ1n) is 7.62. The van der Waals surface area contributed by atoms with Crippen LogP contribution < -0.4 is 5.32 Å². The van der Waals surface area contributed by atoms with Crippen molar-refractivity contribution in [3.63, 3.8) is 0 Å². The van der Waals surface area contributed by atoms with E-state index in [9.17, 15) is 22.8 Å². The number of carboxylic acid groups (broad SMARTS) is 1. The van der Waals surface area contributed by atoms with E-state index >= 15 is 0 Å². The smallest absolute Gasteiger partial charge is 0.416 e. The second-order valence-electron chi connectivity index (χ2n) is 5.48. The van der Waals surface area contributed by atoms with Gasteiger partial charge in [-0.3, -0.25) is 4.79 Å². The van der Waals surface area contributed by atoms with Gasteiger partial charge in [0.15, 0.2) is 0 Å². The van der Waals surface area contributed by atoms with Gasteiger partial charge in [0.1, 0.15) is 6.61 Å². The molecule has 2 aromatic rings. The number of carbonyl (C=O) groups excluding carboxylic acids is 1. The Morgan fingerprint density at radius 2 is 1.65 bits per heavy atom. The van der Waals surface area contributed by atoms with Crippen LogP contribution in [0.15, 0.2) is 54.6 Å². The summed E-state index contributed by atoms with van der Waals surface area (Å²) in [6.45, 7) is -0.0144. The van der Waals surface area contributed by atoms with E-state index in [1.165, 1.54) is 0 Å². The van der Waals surface area contributed by atoms with Gasteiger partial charge >= 0.3 is 18.2 Å². The first kappa shape index (κ1) is 19.3. The summed E-state index contributed by atoms with van der Waals surface area (Å²) in [6.07, 6.45) is -5.85. The Morgan fingerprint density at radius 1 is 1.04 bits per heavy atom. The number of carbonyl (C=O) groups is 2. The van der Waals surface area contributed by atoms with Gasteiger partial charge in [-0.25, -0.2) is 4.79 Å². The number of nitrogens with one attached hydrogen (secondary N) is 1. The number of alkyl carbamates (subject to hydrolysis) is 1. The Kier molecular flexibility index (Phi) is 6.21. The van der Waals surface area contributed by atoms with Crippen LogP contribution in [0.3, 0.4) is 0 Å². The normalized spacial score (nSPS) is 12.3. The lowest BCUT2D eigenvalue weighted by Crippen LogP contribution is -2.30. The maximum Gasteiger partial charge on any atom is 0.416 e. The summed E-state index contributed by atoms with van der Waals surface area (Å²) in [5.41, 5.74) is 0.117. The molecule has 2 aromatic carbocycles. The number of amides is 1. The lowest BCUT2D eigenvalue weighted by molar-refractivity contribution is -0.138. The fourth-order valence-electron chi connectivity index (χ4n) is 2.24. The molecular formula is C18H16F3NO4. The summed E-state index contributed by atoms with van der Waals surface area (Å²) >= 11 is 0. The van der Waals surface area contributed by atoms with E-state index in [0.717, 1.165) is 29.8 Å². The zero-order valence-corrected chi connectivity index (χ0v) is 13.5. The van der Waals surface area contributed by atoms with Gasteiger partial charge < -0.3 is 15.2 Å². The first-order valence-corrected chi connectivity index (χ1v) is 7.62. The first-order chi connectivity index (χ1) is 12.3. The lowest BCUT2D eigenvalue weighted by Gasteiger charge is -2.18. The van der Waals surface area contributed by atoms with Crippen LogP contribution in [0.1, 0.15) is 29.2 Å². The van der Waals surface area contributed by atoms with Gasteiger partial charge in [0, 0.05) is 0 Å². The van der Waals surface area contributed by atoms with Crippen LogP contribution in [0.5, 0.6) is 0 Å². The highest BCUT2D eigenvalue weighted by Gasteiger charge is 2.30. The molecule has 0 aliphatic carbocycles. The summed E-state index contributed by atoms with van der Waals surface area (Å²) in [5, 5.41) is 11.3. The molecule has 0 unspecified atom stereocenters. The Labute approximate surface area is 147 Å². The van der Waals surface area contributed by atoms with Crippen molar-refractivity contribution in [2.75, 3.05) is 0 Å². The van der Waals surface area contributed by atoms with Crippen molar-refractivity contribution in [2.45, 2.75) is 25.2 Å². The van der Waals surface area contributed by atoms with Crippen molar-refractivity contribution >= 4 is 12.1 Å². The van der Waals surface area contributed by atoms with Crippen LogP contribution in [0, 0.1) is 0 Å². The van der Waals surface area contributed by atoms with Gasteiger partial charge in [-0.1, -0.05) is 42.5 Å². The van der Waals surface area contributed by atoms with E-state index in [-0.39, 0.29) is 12.2 Å². The second kappa shape index (κ2) is 8.37. The Bertz CT molecular complexity index is 745. The fraction of sp³-hybridized carbons (Fsp3) is 0.222. The molecule has 0 aliphatic rings. The van der Waals surface area contributed by atoms with Gasteiger partial charge in [-0.2, -0.15) is 13.2 Å². The molecule has 0 aliphatic heterocycles. The van der Waals surface area contributed by atoms with Gasteiger partial charge in [0.2, 0.25) is 0 Å². The van der Waals surface area contributed by atoms with E-state index in [1.54, 1.807) is 30.3 Å². The zero-order valence-electron chi connectivity index (χ0n) is 13.5. The molecule has 138 valence electrons. The average Bonchev–Trinajstić information content (AvgIpc) is 2.59. The lowest BCUT2D eigenvalue weighted by atomic mass is 10.0. The summed E-state index contributed by atoms with van der Waals surface area (Å²) in [5.74, 6) is -1.21. The molecule has 0 saturated carbocycles. The molecule has 8 heteroatoms. The van der Waals surface area contributed by atoms with Gasteiger partial charge in [-0.05, 0) is 23.3 Å². The number of hydrogen-bond donors (Lipinski definition) is 2. The third-order valence-electron chi connectivity index (χ3n) is 3.52. The highest BCUT2D eigenvalue weighted by Crippen LogP contribution is 2.30. The monoisotopic (exact) mass is 367 g/mol. The molecule has 2 rings (SSSR count). The predicted octanol–water partition coefficient (Wildman–Crippen LogP) is 4.15. The van der Waals surface area contributed by atoms with Crippen LogP contribution in [-0.4, -0.2) is 17.2 Å². The molecule has 0 fully saturated rings. The van der Waals surface area contributed by atoms with Crippen LogP contribution in [0.4, 0.5) is 18.0 Å². The quantitative estimate of drug-likeness (QED) is 0.804. The Balaban J connectivity index is 2.04.